The molecule has 0 aromatic heterocycles. The predicted molar refractivity (Wildman–Crippen MR) is 93.0 cm³/mol. The minimum atomic E-state index is -0.663. The highest BCUT2D eigenvalue weighted by Gasteiger charge is 2.23. The Morgan fingerprint density at radius 3 is 2.54 bits per heavy atom. The van der Waals surface area contributed by atoms with Crippen LogP contribution in [0.15, 0.2) is 53.4 Å². The van der Waals surface area contributed by atoms with Crippen LogP contribution in [0.25, 0.3) is 0 Å². The second-order valence-electron chi connectivity index (χ2n) is 5.23. The van der Waals surface area contributed by atoms with Crippen LogP contribution < -0.4 is 10.6 Å². The molecule has 0 aliphatic heterocycles. The molecule has 24 heavy (non-hydrogen) atoms. The lowest BCUT2D eigenvalue weighted by molar-refractivity contribution is -0.120. The van der Waals surface area contributed by atoms with Crippen LogP contribution in [0.3, 0.4) is 0 Å². The number of carbonyl (C=O) groups is 1. The number of carbonyl (C=O) groups excluding carboxylic acids is 1. The van der Waals surface area contributed by atoms with Crippen molar-refractivity contribution in [3.63, 3.8) is 0 Å². The van der Waals surface area contributed by atoms with E-state index in [9.17, 15) is 13.6 Å². The Balaban J connectivity index is 2.15. The SMILES string of the molecule is CNCCCNC(=O)C(Sc1ccc(F)cc1F)c1ccccc1. The molecule has 0 heterocycles. The first-order valence-electron chi connectivity index (χ1n) is 7.71. The maximum Gasteiger partial charge on any atom is 0.237 e. The largest absolute Gasteiger partial charge is 0.355 e. The van der Waals surface area contributed by atoms with E-state index in [4.69, 9.17) is 0 Å². The molecule has 1 amide bonds. The molecule has 6 heteroatoms. The summed E-state index contributed by atoms with van der Waals surface area (Å²) in [4.78, 5) is 12.8. The van der Waals surface area contributed by atoms with Crippen molar-refractivity contribution < 1.29 is 13.6 Å². The molecule has 128 valence electrons. The molecule has 0 saturated heterocycles. The summed E-state index contributed by atoms with van der Waals surface area (Å²) in [6.45, 7) is 1.34. The van der Waals surface area contributed by atoms with Gasteiger partial charge in [0.15, 0.2) is 0 Å². The van der Waals surface area contributed by atoms with Gasteiger partial charge in [-0.05, 0) is 37.7 Å². The zero-order chi connectivity index (χ0) is 17.4. The maximum absolute atomic E-state index is 13.9. The van der Waals surface area contributed by atoms with Gasteiger partial charge in [0.2, 0.25) is 5.91 Å². The Morgan fingerprint density at radius 1 is 1.12 bits per heavy atom. The first kappa shape index (κ1) is 18.4. The maximum atomic E-state index is 13.9. The van der Waals surface area contributed by atoms with Crippen LogP contribution in [0.2, 0.25) is 0 Å². The van der Waals surface area contributed by atoms with Gasteiger partial charge in [-0.3, -0.25) is 4.79 Å². The van der Waals surface area contributed by atoms with Gasteiger partial charge in [0.05, 0.1) is 0 Å². The van der Waals surface area contributed by atoms with Crippen LogP contribution in [0, 0.1) is 11.6 Å². The van der Waals surface area contributed by atoms with Crippen LogP contribution in [0.5, 0.6) is 0 Å². The van der Waals surface area contributed by atoms with Gasteiger partial charge in [-0.2, -0.15) is 0 Å². The van der Waals surface area contributed by atoms with Crippen LogP contribution in [-0.2, 0) is 4.79 Å². The standard InChI is InChI=1S/C18H20F2N2OS/c1-21-10-5-11-22-18(23)17(13-6-3-2-4-7-13)24-16-9-8-14(19)12-15(16)20/h2-4,6-9,12,17,21H,5,10-11H2,1H3,(H,22,23). The summed E-state index contributed by atoms with van der Waals surface area (Å²) >= 11 is 1.08. The molecule has 2 aromatic carbocycles. The first-order valence-corrected chi connectivity index (χ1v) is 8.58. The van der Waals surface area contributed by atoms with Crippen LogP contribution in [0.4, 0.5) is 8.78 Å². The van der Waals surface area contributed by atoms with E-state index in [0.29, 0.717) is 6.54 Å². The third kappa shape index (κ3) is 5.32. The lowest BCUT2D eigenvalue weighted by Gasteiger charge is -2.17. The van der Waals surface area contributed by atoms with E-state index in [0.717, 1.165) is 36.4 Å². The van der Waals surface area contributed by atoms with E-state index < -0.39 is 16.9 Å². The van der Waals surface area contributed by atoms with Gasteiger partial charge >= 0.3 is 0 Å². The van der Waals surface area contributed by atoms with E-state index in [1.165, 1.54) is 12.1 Å². The average Bonchev–Trinajstić information content (AvgIpc) is 2.58. The summed E-state index contributed by atoms with van der Waals surface area (Å²) < 4.78 is 27.0. The van der Waals surface area contributed by atoms with E-state index in [1.54, 1.807) is 0 Å². The van der Waals surface area contributed by atoms with Crippen molar-refractivity contribution in [3.8, 4) is 0 Å². The third-order valence-electron chi connectivity index (χ3n) is 3.38. The Morgan fingerprint density at radius 2 is 1.88 bits per heavy atom. The smallest absolute Gasteiger partial charge is 0.237 e. The Kier molecular flexibility index (Phi) is 7.21. The molecule has 0 radical (unpaired) electrons. The fourth-order valence-corrected chi connectivity index (χ4v) is 3.22. The minimum absolute atomic E-state index is 0.189. The Bertz CT molecular complexity index is 667. The summed E-state index contributed by atoms with van der Waals surface area (Å²) in [5, 5.41) is 5.29. The highest BCUT2D eigenvalue weighted by Crippen LogP contribution is 2.36. The van der Waals surface area contributed by atoms with Crippen molar-refractivity contribution in [3.05, 3.63) is 65.7 Å². The second kappa shape index (κ2) is 9.39. The summed E-state index contributed by atoms with van der Waals surface area (Å²) in [6, 6.07) is 12.6. The number of hydrogen-bond acceptors (Lipinski definition) is 3. The second-order valence-corrected chi connectivity index (χ2v) is 6.38. The molecule has 0 spiro atoms. The molecule has 0 saturated carbocycles. The normalized spacial score (nSPS) is 12.0. The van der Waals surface area contributed by atoms with E-state index >= 15 is 0 Å². The first-order chi connectivity index (χ1) is 11.6. The molecular weight excluding hydrogens is 330 g/mol. The van der Waals surface area contributed by atoms with Crippen molar-refractivity contribution in [1.82, 2.24) is 10.6 Å². The van der Waals surface area contributed by atoms with E-state index in [-0.39, 0.29) is 10.8 Å². The quantitative estimate of drug-likeness (QED) is 0.565. The zero-order valence-corrected chi connectivity index (χ0v) is 14.2. The van der Waals surface area contributed by atoms with Gasteiger partial charge in [-0.15, -0.1) is 11.8 Å². The average molecular weight is 350 g/mol. The molecule has 2 N–H and O–H groups in total. The van der Waals surface area contributed by atoms with E-state index in [1.807, 2.05) is 37.4 Å². The fourth-order valence-electron chi connectivity index (χ4n) is 2.17. The molecule has 0 aliphatic carbocycles. The molecule has 0 bridgehead atoms. The molecule has 3 nitrogen and oxygen atoms in total. The highest BCUT2D eigenvalue weighted by atomic mass is 32.2. The van der Waals surface area contributed by atoms with Gasteiger partial charge in [-0.1, -0.05) is 30.3 Å². The number of nitrogens with one attached hydrogen (secondary N) is 2. The van der Waals surface area contributed by atoms with Crippen molar-refractivity contribution in [2.75, 3.05) is 20.1 Å². The summed E-state index contributed by atoms with van der Waals surface area (Å²) in [5.41, 5.74) is 0.775. The molecule has 0 fully saturated rings. The molecule has 1 unspecified atom stereocenters. The van der Waals surface area contributed by atoms with E-state index in [2.05, 4.69) is 10.6 Å². The van der Waals surface area contributed by atoms with Crippen LogP contribution in [-0.4, -0.2) is 26.0 Å². The van der Waals surface area contributed by atoms with Crippen LogP contribution in [0.1, 0.15) is 17.2 Å². The Hall–Kier alpha value is -1.92. The fraction of sp³-hybridized carbons (Fsp3) is 0.278. The molecule has 2 aromatic rings. The van der Waals surface area contributed by atoms with Crippen molar-refractivity contribution in [2.45, 2.75) is 16.6 Å². The number of hydrogen-bond donors (Lipinski definition) is 2. The van der Waals surface area contributed by atoms with Crippen molar-refractivity contribution in [2.24, 2.45) is 0 Å². The summed E-state index contributed by atoms with van der Waals surface area (Å²) in [6.07, 6.45) is 0.805. The number of thioether (sulfide) groups is 1. The highest BCUT2D eigenvalue weighted by molar-refractivity contribution is 8.00. The number of halogens is 2. The van der Waals surface area contributed by atoms with Gasteiger partial charge in [0.1, 0.15) is 16.9 Å². The van der Waals surface area contributed by atoms with Gasteiger partial charge in [-0.25, -0.2) is 8.78 Å². The molecule has 2 rings (SSSR count). The zero-order valence-electron chi connectivity index (χ0n) is 13.4. The summed E-state index contributed by atoms with van der Waals surface area (Å²) in [5.74, 6) is -1.49. The third-order valence-corrected chi connectivity index (χ3v) is 4.69. The Labute approximate surface area is 144 Å². The van der Waals surface area contributed by atoms with Crippen molar-refractivity contribution >= 4 is 17.7 Å². The molecule has 0 aliphatic rings. The molecular formula is C18H20F2N2OS. The predicted octanol–water partition coefficient (Wildman–Crippen LogP) is 3.52. The lowest BCUT2D eigenvalue weighted by Crippen LogP contribution is -2.30. The molecule has 1 atom stereocenters. The van der Waals surface area contributed by atoms with Gasteiger partial charge < -0.3 is 10.6 Å². The lowest BCUT2D eigenvalue weighted by atomic mass is 10.1. The number of amides is 1. The number of benzene rings is 2. The monoisotopic (exact) mass is 350 g/mol. The van der Waals surface area contributed by atoms with Crippen molar-refractivity contribution in [1.29, 1.82) is 0 Å². The van der Waals surface area contributed by atoms with Crippen LogP contribution >= 0.6 is 11.8 Å². The summed E-state index contributed by atoms with van der Waals surface area (Å²) in [7, 11) is 1.85. The minimum Gasteiger partial charge on any atom is -0.355 e. The van der Waals surface area contributed by atoms with Gasteiger partial charge in [0, 0.05) is 17.5 Å². The topological polar surface area (TPSA) is 41.1 Å². The number of rotatable bonds is 8. The van der Waals surface area contributed by atoms with Gasteiger partial charge in [0.25, 0.3) is 0 Å².